The van der Waals surface area contributed by atoms with Gasteiger partial charge in [0.25, 0.3) is 0 Å². The summed E-state index contributed by atoms with van der Waals surface area (Å²) in [5.74, 6) is 0.606. The molecule has 1 rings (SSSR count). The van der Waals surface area contributed by atoms with Crippen LogP contribution in [-0.2, 0) is 0 Å². The van der Waals surface area contributed by atoms with Crippen LogP contribution in [0.15, 0.2) is 18.3 Å². The number of hydrogen-bond donors (Lipinski definition) is 2. The maximum Gasteiger partial charge on any atom is 0.128 e. The molecule has 0 amide bonds. The van der Waals surface area contributed by atoms with Crippen LogP contribution >= 0.6 is 12.4 Å². The monoisotopic (exact) mass is 187 g/mol. The van der Waals surface area contributed by atoms with E-state index in [9.17, 15) is 0 Å². The lowest BCUT2D eigenvalue weighted by Gasteiger charge is -2.11. The average Bonchev–Trinajstić information content (AvgIpc) is 2.04. The molecule has 0 saturated carbocycles. The van der Waals surface area contributed by atoms with Crippen molar-refractivity contribution in [3.63, 3.8) is 0 Å². The fraction of sp³-hybridized carbons (Fsp3) is 0.375. The van der Waals surface area contributed by atoms with Crippen LogP contribution in [-0.4, -0.2) is 12.0 Å². The van der Waals surface area contributed by atoms with Crippen molar-refractivity contribution >= 4 is 18.2 Å². The lowest BCUT2D eigenvalue weighted by atomic mass is 10.1. The van der Waals surface area contributed by atoms with Crippen molar-refractivity contribution < 1.29 is 0 Å². The van der Waals surface area contributed by atoms with E-state index in [1.807, 2.05) is 26.1 Å². The van der Waals surface area contributed by atoms with Gasteiger partial charge in [0.1, 0.15) is 5.82 Å². The van der Waals surface area contributed by atoms with Gasteiger partial charge in [-0.15, -0.1) is 12.4 Å². The molecule has 0 radical (unpaired) electrons. The Hall–Kier alpha value is -0.800. The number of nitrogens with two attached hydrogens (primary N) is 1. The molecule has 0 saturated heterocycles. The normalized spacial score (nSPS) is 11.8. The highest BCUT2D eigenvalue weighted by molar-refractivity contribution is 5.85. The molecule has 1 aromatic heterocycles. The number of halogens is 1. The molecule has 0 aliphatic rings. The summed E-state index contributed by atoms with van der Waals surface area (Å²) in [4.78, 5) is 3.99. The van der Waals surface area contributed by atoms with Crippen LogP contribution in [0, 0.1) is 0 Å². The SMILES string of the molecule is CNC(C)c1cccnc1N.Cl. The largest absolute Gasteiger partial charge is 0.383 e. The molecular formula is C8H14ClN3. The van der Waals surface area contributed by atoms with Crippen molar-refractivity contribution in [1.82, 2.24) is 10.3 Å². The van der Waals surface area contributed by atoms with Crippen molar-refractivity contribution in [2.45, 2.75) is 13.0 Å². The number of hydrogen-bond acceptors (Lipinski definition) is 3. The predicted octanol–water partition coefficient (Wildman–Crippen LogP) is 1.37. The van der Waals surface area contributed by atoms with Gasteiger partial charge in [-0.3, -0.25) is 0 Å². The fourth-order valence-corrected chi connectivity index (χ4v) is 0.952. The molecule has 0 fully saturated rings. The Bertz CT molecular complexity index is 239. The second kappa shape index (κ2) is 4.95. The van der Waals surface area contributed by atoms with Crippen LogP contribution in [0.4, 0.5) is 5.82 Å². The van der Waals surface area contributed by atoms with Gasteiger partial charge in [0.05, 0.1) is 0 Å². The lowest BCUT2D eigenvalue weighted by Crippen LogP contribution is -2.14. The topological polar surface area (TPSA) is 50.9 Å². The van der Waals surface area contributed by atoms with Crippen LogP contribution < -0.4 is 11.1 Å². The highest BCUT2D eigenvalue weighted by Crippen LogP contribution is 2.15. The van der Waals surface area contributed by atoms with Gasteiger partial charge in [-0.25, -0.2) is 4.98 Å². The highest BCUT2D eigenvalue weighted by Gasteiger charge is 2.05. The van der Waals surface area contributed by atoms with Gasteiger partial charge < -0.3 is 11.1 Å². The molecule has 12 heavy (non-hydrogen) atoms. The van der Waals surface area contributed by atoms with Crippen LogP contribution in [0.3, 0.4) is 0 Å². The first-order valence-corrected chi connectivity index (χ1v) is 3.63. The average molecular weight is 188 g/mol. The number of rotatable bonds is 2. The molecule has 1 unspecified atom stereocenters. The second-order valence-corrected chi connectivity index (χ2v) is 2.49. The number of pyridine rings is 1. The maximum absolute atomic E-state index is 5.65. The van der Waals surface area contributed by atoms with Crippen molar-refractivity contribution in [3.05, 3.63) is 23.9 Å². The highest BCUT2D eigenvalue weighted by atomic mass is 35.5. The van der Waals surface area contributed by atoms with E-state index in [-0.39, 0.29) is 18.4 Å². The summed E-state index contributed by atoms with van der Waals surface area (Å²) in [7, 11) is 1.90. The molecule has 0 spiro atoms. The maximum atomic E-state index is 5.65. The minimum absolute atomic E-state index is 0. The Balaban J connectivity index is 0.00000121. The summed E-state index contributed by atoms with van der Waals surface area (Å²) >= 11 is 0. The van der Waals surface area contributed by atoms with E-state index in [4.69, 9.17) is 5.73 Å². The number of aromatic nitrogens is 1. The smallest absolute Gasteiger partial charge is 0.128 e. The fourth-order valence-electron chi connectivity index (χ4n) is 0.952. The minimum Gasteiger partial charge on any atom is -0.383 e. The number of nitrogens with zero attached hydrogens (tertiary/aromatic N) is 1. The third kappa shape index (κ3) is 2.36. The van der Waals surface area contributed by atoms with Gasteiger partial charge in [0.2, 0.25) is 0 Å². The number of nitrogens with one attached hydrogen (secondary N) is 1. The molecule has 1 heterocycles. The molecule has 0 aliphatic heterocycles. The molecule has 3 nitrogen and oxygen atoms in total. The number of nitrogen functional groups attached to an aromatic ring is 1. The van der Waals surface area contributed by atoms with E-state index >= 15 is 0 Å². The summed E-state index contributed by atoms with van der Waals surface area (Å²) in [6.45, 7) is 2.05. The van der Waals surface area contributed by atoms with Crippen LogP contribution in [0.1, 0.15) is 18.5 Å². The van der Waals surface area contributed by atoms with Crippen molar-refractivity contribution in [2.75, 3.05) is 12.8 Å². The van der Waals surface area contributed by atoms with Gasteiger partial charge in [0.15, 0.2) is 0 Å². The molecule has 0 aliphatic carbocycles. The van der Waals surface area contributed by atoms with Crippen LogP contribution in [0.25, 0.3) is 0 Å². The first kappa shape index (κ1) is 11.2. The van der Waals surface area contributed by atoms with Gasteiger partial charge >= 0.3 is 0 Å². The molecule has 1 aromatic rings. The lowest BCUT2D eigenvalue weighted by molar-refractivity contribution is 0.652. The van der Waals surface area contributed by atoms with E-state index in [0.717, 1.165) is 5.56 Å². The van der Waals surface area contributed by atoms with Crippen molar-refractivity contribution in [3.8, 4) is 0 Å². The molecule has 3 N–H and O–H groups in total. The van der Waals surface area contributed by atoms with Crippen LogP contribution in [0.5, 0.6) is 0 Å². The summed E-state index contributed by atoms with van der Waals surface area (Å²) in [6, 6.07) is 4.13. The van der Waals surface area contributed by atoms with E-state index in [1.165, 1.54) is 0 Å². The summed E-state index contributed by atoms with van der Waals surface area (Å²) in [6.07, 6.45) is 1.70. The molecule has 1 atom stereocenters. The van der Waals surface area contributed by atoms with Gasteiger partial charge in [-0.1, -0.05) is 6.07 Å². The van der Waals surface area contributed by atoms with Crippen LogP contribution in [0.2, 0.25) is 0 Å². The van der Waals surface area contributed by atoms with Crippen molar-refractivity contribution in [2.24, 2.45) is 0 Å². The third-order valence-electron chi connectivity index (χ3n) is 1.77. The van der Waals surface area contributed by atoms with Crippen molar-refractivity contribution in [1.29, 1.82) is 0 Å². The Morgan fingerprint density at radius 3 is 2.75 bits per heavy atom. The Morgan fingerprint density at radius 2 is 2.25 bits per heavy atom. The van der Waals surface area contributed by atoms with E-state index < -0.39 is 0 Å². The van der Waals surface area contributed by atoms with E-state index in [0.29, 0.717) is 5.82 Å². The summed E-state index contributed by atoms with van der Waals surface area (Å²) in [5.41, 5.74) is 6.70. The molecule has 0 aromatic carbocycles. The summed E-state index contributed by atoms with van der Waals surface area (Å²) < 4.78 is 0. The number of anilines is 1. The molecule has 4 heteroatoms. The first-order valence-electron chi connectivity index (χ1n) is 3.63. The second-order valence-electron chi connectivity index (χ2n) is 2.49. The first-order chi connectivity index (χ1) is 5.25. The zero-order valence-corrected chi connectivity index (χ0v) is 8.06. The molecular weight excluding hydrogens is 174 g/mol. The third-order valence-corrected chi connectivity index (χ3v) is 1.77. The van der Waals surface area contributed by atoms with Gasteiger partial charge in [0, 0.05) is 17.8 Å². The minimum atomic E-state index is 0. The van der Waals surface area contributed by atoms with Gasteiger partial charge in [-0.05, 0) is 20.0 Å². The zero-order chi connectivity index (χ0) is 8.27. The zero-order valence-electron chi connectivity index (χ0n) is 7.24. The predicted molar refractivity (Wildman–Crippen MR) is 53.4 cm³/mol. The van der Waals surface area contributed by atoms with E-state index in [2.05, 4.69) is 10.3 Å². The Morgan fingerprint density at radius 1 is 1.58 bits per heavy atom. The standard InChI is InChI=1S/C8H13N3.ClH/c1-6(10-2)7-4-3-5-11-8(7)9;/h3-6,10H,1-2H3,(H2,9,11);1H. The molecule has 0 bridgehead atoms. The van der Waals surface area contributed by atoms with Gasteiger partial charge in [-0.2, -0.15) is 0 Å². The Kier molecular flexibility index (Phi) is 4.62. The van der Waals surface area contributed by atoms with E-state index in [1.54, 1.807) is 6.20 Å². The quantitative estimate of drug-likeness (QED) is 0.736. The summed E-state index contributed by atoms with van der Waals surface area (Å²) in [5, 5.41) is 3.10. The Labute approximate surface area is 78.8 Å². The molecule has 68 valence electrons.